The molecule has 136 valence electrons. The summed E-state index contributed by atoms with van der Waals surface area (Å²) in [5, 5.41) is 3.17. The second-order valence-corrected chi connectivity index (χ2v) is 7.76. The number of carbonyl (C=O) groups is 1. The molecule has 0 spiro atoms. The van der Waals surface area contributed by atoms with Gasteiger partial charge in [-0.3, -0.25) is 9.78 Å². The first-order valence-corrected chi connectivity index (χ1v) is 9.94. The normalized spacial score (nSPS) is 15.6. The Morgan fingerprint density at radius 3 is 2.56 bits per heavy atom. The molecule has 4 rings (SSSR count). The maximum absolute atomic E-state index is 12.5. The zero-order valence-electron chi connectivity index (χ0n) is 14.8. The standard InChI is InChI=1S/C22H20BrN3O/c23-17-10-8-16(9-11-17)22(15-4-3-5-15)26-21(27)13-12-18-14-24-19-6-1-2-7-20(19)25-18/h1-2,6-15,22H,3-5H2,(H,26,27). The van der Waals surface area contributed by atoms with Crippen molar-refractivity contribution in [1.29, 1.82) is 0 Å². The zero-order valence-corrected chi connectivity index (χ0v) is 16.4. The minimum Gasteiger partial charge on any atom is -0.345 e. The van der Waals surface area contributed by atoms with Crippen molar-refractivity contribution in [3.05, 3.63) is 76.5 Å². The largest absolute Gasteiger partial charge is 0.345 e. The molecule has 5 heteroatoms. The van der Waals surface area contributed by atoms with Gasteiger partial charge in [-0.15, -0.1) is 0 Å². The summed E-state index contributed by atoms with van der Waals surface area (Å²) in [5.41, 5.74) is 3.49. The third-order valence-electron chi connectivity index (χ3n) is 5.02. The van der Waals surface area contributed by atoms with Crippen LogP contribution in [0.2, 0.25) is 0 Å². The van der Waals surface area contributed by atoms with Crippen LogP contribution < -0.4 is 5.32 Å². The smallest absolute Gasteiger partial charge is 0.244 e. The van der Waals surface area contributed by atoms with Gasteiger partial charge in [-0.25, -0.2) is 4.98 Å². The number of hydrogen-bond acceptors (Lipinski definition) is 3. The SMILES string of the molecule is O=C(C=Cc1cnc2ccccc2n1)NC(c1ccc(Br)cc1)C1CCC1. The van der Waals surface area contributed by atoms with E-state index in [2.05, 4.69) is 43.3 Å². The molecule has 1 amide bonds. The minimum atomic E-state index is -0.107. The van der Waals surface area contributed by atoms with Crippen LogP contribution in [0.25, 0.3) is 17.1 Å². The second kappa shape index (κ2) is 8.01. The van der Waals surface area contributed by atoms with Crippen molar-refractivity contribution in [1.82, 2.24) is 15.3 Å². The quantitative estimate of drug-likeness (QED) is 0.585. The topological polar surface area (TPSA) is 54.9 Å². The lowest BCUT2D eigenvalue weighted by Gasteiger charge is -2.34. The van der Waals surface area contributed by atoms with Gasteiger partial charge in [-0.05, 0) is 54.7 Å². The molecule has 1 heterocycles. The number of nitrogens with one attached hydrogen (secondary N) is 1. The van der Waals surface area contributed by atoms with Crippen LogP contribution in [0, 0.1) is 5.92 Å². The Bertz CT molecular complexity index is 980. The molecule has 1 atom stereocenters. The molecule has 0 saturated heterocycles. The molecule has 1 saturated carbocycles. The molecule has 0 bridgehead atoms. The number of nitrogens with zero attached hydrogens (tertiary/aromatic N) is 2. The Balaban J connectivity index is 1.48. The van der Waals surface area contributed by atoms with Gasteiger partial charge in [0.15, 0.2) is 0 Å². The fourth-order valence-corrected chi connectivity index (χ4v) is 3.60. The van der Waals surface area contributed by atoms with Gasteiger partial charge >= 0.3 is 0 Å². The Hall–Kier alpha value is -2.53. The van der Waals surface area contributed by atoms with E-state index in [1.54, 1.807) is 18.3 Å². The summed E-state index contributed by atoms with van der Waals surface area (Å²) in [7, 11) is 0. The van der Waals surface area contributed by atoms with Crippen molar-refractivity contribution < 1.29 is 4.79 Å². The molecule has 3 aromatic rings. The van der Waals surface area contributed by atoms with Crippen molar-refractivity contribution in [3.63, 3.8) is 0 Å². The van der Waals surface area contributed by atoms with Crippen LogP contribution in [-0.4, -0.2) is 15.9 Å². The number of hydrogen-bond donors (Lipinski definition) is 1. The van der Waals surface area contributed by atoms with E-state index in [4.69, 9.17) is 0 Å². The molecule has 0 aliphatic heterocycles. The maximum atomic E-state index is 12.5. The summed E-state index contributed by atoms with van der Waals surface area (Å²) < 4.78 is 1.04. The first kappa shape index (κ1) is 17.9. The van der Waals surface area contributed by atoms with Crippen LogP contribution >= 0.6 is 15.9 Å². The predicted molar refractivity (Wildman–Crippen MR) is 111 cm³/mol. The van der Waals surface area contributed by atoms with Gasteiger partial charge in [0.25, 0.3) is 0 Å². The Morgan fingerprint density at radius 2 is 1.85 bits per heavy atom. The number of rotatable bonds is 5. The van der Waals surface area contributed by atoms with E-state index in [1.165, 1.54) is 6.42 Å². The number of amides is 1. The van der Waals surface area contributed by atoms with E-state index in [9.17, 15) is 4.79 Å². The molecule has 27 heavy (non-hydrogen) atoms. The summed E-state index contributed by atoms with van der Waals surface area (Å²) in [6.07, 6.45) is 8.49. The lowest BCUT2D eigenvalue weighted by Crippen LogP contribution is -2.35. The van der Waals surface area contributed by atoms with Crippen LogP contribution in [0.15, 0.2) is 65.3 Å². The first-order chi connectivity index (χ1) is 13.2. The highest BCUT2D eigenvalue weighted by Crippen LogP contribution is 2.38. The molecule has 1 aromatic heterocycles. The summed E-state index contributed by atoms with van der Waals surface area (Å²) >= 11 is 3.47. The van der Waals surface area contributed by atoms with Gasteiger partial charge in [0.1, 0.15) is 0 Å². The lowest BCUT2D eigenvalue weighted by molar-refractivity contribution is -0.117. The number of para-hydroxylation sites is 2. The summed E-state index contributed by atoms with van der Waals surface area (Å²) in [6.45, 7) is 0. The fourth-order valence-electron chi connectivity index (χ4n) is 3.33. The third-order valence-corrected chi connectivity index (χ3v) is 5.55. The average molecular weight is 422 g/mol. The van der Waals surface area contributed by atoms with E-state index in [1.807, 2.05) is 36.4 Å². The van der Waals surface area contributed by atoms with Gasteiger partial charge in [-0.1, -0.05) is 46.6 Å². The Morgan fingerprint density at radius 1 is 1.11 bits per heavy atom. The maximum Gasteiger partial charge on any atom is 0.244 e. The Labute approximate surface area is 166 Å². The summed E-state index contributed by atoms with van der Waals surface area (Å²) in [5.74, 6) is 0.397. The first-order valence-electron chi connectivity index (χ1n) is 9.15. The zero-order chi connectivity index (χ0) is 18.6. The highest BCUT2D eigenvalue weighted by Gasteiger charge is 2.29. The van der Waals surface area contributed by atoms with Crippen molar-refractivity contribution in [3.8, 4) is 0 Å². The van der Waals surface area contributed by atoms with Crippen LogP contribution in [0.1, 0.15) is 36.6 Å². The molecular formula is C22H20BrN3O. The van der Waals surface area contributed by atoms with Crippen LogP contribution in [0.3, 0.4) is 0 Å². The third kappa shape index (κ3) is 4.25. The molecule has 1 N–H and O–H groups in total. The van der Waals surface area contributed by atoms with Crippen molar-refractivity contribution in [2.45, 2.75) is 25.3 Å². The lowest BCUT2D eigenvalue weighted by atomic mass is 9.77. The number of halogens is 1. The highest BCUT2D eigenvalue weighted by atomic mass is 79.9. The van der Waals surface area contributed by atoms with E-state index in [0.717, 1.165) is 33.9 Å². The van der Waals surface area contributed by atoms with Gasteiger partial charge in [0.2, 0.25) is 5.91 Å². The van der Waals surface area contributed by atoms with E-state index < -0.39 is 0 Å². The molecule has 1 aliphatic carbocycles. The minimum absolute atomic E-state index is 0.0479. The fraction of sp³-hybridized carbons (Fsp3) is 0.227. The molecule has 0 radical (unpaired) electrons. The summed E-state index contributed by atoms with van der Waals surface area (Å²) in [6, 6.07) is 15.9. The van der Waals surface area contributed by atoms with Crippen molar-refractivity contribution in [2.75, 3.05) is 0 Å². The number of aromatic nitrogens is 2. The van der Waals surface area contributed by atoms with Crippen LogP contribution in [-0.2, 0) is 4.79 Å². The van der Waals surface area contributed by atoms with Gasteiger partial charge in [-0.2, -0.15) is 0 Å². The Kier molecular flexibility index (Phi) is 5.30. The molecule has 1 fully saturated rings. The second-order valence-electron chi connectivity index (χ2n) is 6.85. The monoisotopic (exact) mass is 421 g/mol. The molecular weight excluding hydrogens is 402 g/mol. The predicted octanol–water partition coefficient (Wildman–Crippen LogP) is 5.06. The van der Waals surface area contributed by atoms with E-state index in [0.29, 0.717) is 11.6 Å². The van der Waals surface area contributed by atoms with Gasteiger partial charge < -0.3 is 5.32 Å². The number of benzene rings is 2. The van der Waals surface area contributed by atoms with E-state index >= 15 is 0 Å². The van der Waals surface area contributed by atoms with E-state index in [-0.39, 0.29) is 11.9 Å². The van der Waals surface area contributed by atoms with Crippen LogP contribution in [0.4, 0.5) is 0 Å². The molecule has 1 aliphatic rings. The molecule has 4 nitrogen and oxygen atoms in total. The van der Waals surface area contributed by atoms with Crippen LogP contribution in [0.5, 0.6) is 0 Å². The van der Waals surface area contributed by atoms with Gasteiger partial charge in [0, 0.05) is 10.5 Å². The summed E-state index contributed by atoms with van der Waals surface area (Å²) in [4.78, 5) is 21.4. The average Bonchev–Trinajstić information content (AvgIpc) is 2.65. The van der Waals surface area contributed by atoms with Crippen molar-refractivity contribution >= 4 is 38.9 Å². The number of fused-ring (bicyclic) bond motifs is 1. The highest BCUT2D eigenvalue weighted by molar-refractivity contribution is 9.10. The van der Waals surface area contributed by atoms with Gasteiger partial charge in [0.05, 0.1) is 29.0 Å². The molecule has 1 unspecified atom stereocenters. The van der Waals surface area contributed by atoms with Crippen molar-refractivity contribution in [2.24, 2.45) is 5.92 Å². The molecule has 2 aromatic carbocycles. The number of carbonyl (C=O) groups excluding carboxylic acids is 1.